The maximum atomic E-state index is 13.0. The number of nitrogens with one attached hydrogen (secondary N) is 1. The van der Waals surface area contributed by atoms with Crippen molar-refractivity contribution in [2.75, 3.05) is 14.2 Å². The third-order valence-corrected chi connectivity index (χ3v) is 3.89. The van der Waals surface area contributed by atoms with Crippen LogP contribution in [0.4, 0.5) is 4.39 Å². The number of hydrogen-bond acceptors (Lipinski definition) is 4. The molecule has 0 unspecified atom stereocenters. The summed E-state index contributed by atoms with van der Waals surface area (Å²) < 4.78 is 23.4. The molecule has 128 valence electrons. The van der Waals surface area contributed by atoms with E-state index in [-0.39, 0.29) is 22.2 Å². The van der Waals surface area contributed by atoms with E-state index in [4.69, 9.17) is 21.1 Å². The molecule has 3 aromatic rings. The van der Waals surface area contributed by atoms with E-state index in [1.807, 2.05) is 0 Å². The molecule has 3 rings (SSSR count). The minimum Gasteiger partial charge on any atom is -0.493 e. The normalized spacial score (nSPS) is 11.6. The van der Waals surface area contributed by atoms with E-state index in [1.54, 1.807) is 30.3 Å². The topological polar surface area (TPSA) is 64.2 Å². The van der Waals surface area contributed by atoms with Gasteiger partial charge in [-0.3, -0.25) is 4.79 Å². The average Bonchev–Trinajstić information content (AvgIpc) is 2.62. The molecule has 0 aliphatic carbocycles. The molecule has 1 heterocycles. The lowest BCUT2D eigenvalue weighted by atomic mass is 10.2. The van der Waals surface area contributed by atoms with Gasteiger partial charge in [0.05, 0.1) is 30.2 Å². The van der Waals surface area contributed by atoms with Crippen LogP contribution in [0.3, 0.4) is 0 Å². The van der Waals surface area contributed by atoms with Crippen LogP contribution in [0.2, 0.25) is 0 Å². The van der Waals surface area contributed by atoms with Crippen molar-refractivity contribution in [3.05, 3.63) is 64.0 Å². The number of halogens is 2. The molecule has 0 aliphatic rings. The van der Waals surface area contributed by atoms with Gasteiger partial charge in [-0.1, -0.05) is 23.7 Å². The van der Waals surface area contributed by atoms with Crippen LogP contribution in [0.5, 0.6) is 11.5 Å². The summed E-state index contributed by atoms with van der Waals surface area (Å²) in [5.41, 5.74) is 0.745. The Morgan fingerprint density at radius 3 is 2.44 bits per heavy atom. The number of methoxy groups -OCH3 is 2. The number of nitrogens with zero attached hydrogens (tertiary/aromatic N) is 1. The molecule has 0 aliphatic heterocycles. The number of fused-ring (bicyclic) bond motifs is 1. The standard InChI is InChI=1S/C18H14ClFN2O3/c1-24-15-8-12-14(9-16(15)25-2)21-17(22-18(12)23)13(19)7-10-3-5-11(20)6-4-10/h3-9H,1-2H3,(H,21,22,23)/b13-7-. The van der Waals surface area contributed by atoms with Crippen LogP contribution in [-0.2, 0) is 0 Å². The van der Waals surface area contributed by atoms with Gasteiger partial charge in [-0.25, -0.2) is 9.37 Å². The summed E-state index contributed by atoms with van der Waals surface area (Å²) in [6.45, 7) is 0. The summed E-state index contributed by atoms with van der Waals surface area (Å²) in [5.74, 6) is 0.753. The highest BCUT2D eigenvalue weighted by Crippen LogP contribution is 2.30. The maximum absolute atomic E-state index is 13.0. The highest BCUT2D eigenvalue weighted by Gasteiger charge is 2.12. The lowest BCUT2D eigenvalue weighted by Crippen LogP contribution is -2.11. The average molecular weight is 361 g/mol. The predicted molar refractivity (Wildman–Crippen MR) is 95.6 cm³/mol. The second kappa shape index (κ2) is 6.94. The summed E-state index contributed by atoms with van der Waals surface area (Å²) in [6.07, 6.45) is 1.59. The van der Waals surface area contributed by atoms with E-state index >= 15 is 0 Å². The fourth-order valence-corrected chi connectivity index (χ4v) is 2.57. The van der Waals surface area contributed by atoms with E-state index in [0.29, 0.717) is 28.0 Å². The van der Waals surface area contributed by atoms with Crippen LogP contribution in [0.25, 0.3) is 22.0 Å². The first-order valence-corrected chi connectivity index (χ1v) is 7.69. The first-order valence-electron chi connectivity index (χ1n) is 7.31. The molecule has 0 atom stereocenters. The van der Waals surface area contributed by atoms with E-state index in [9.17, 15) is 9.18 Å². The number of rotatable bonds is 4. The zero-order chi connectivity index (χ0) is 18.0. The van der Waals surface area contributed by atoms with Crippen molar-refractivity contribution in [2.24, 2.45) is 0 Å². The zero-order valence-corrected chi connectivity index (χ0v) is 14.2. The van der Waals surface area contributed by atoms with Gasteiger partial charge in [0.2, 0.25) is 0 Å². The van der Waals surface area contributed by atoms with Gasteiger partial charge in [0.1, 0.15) is 5.82 Å². The molecule has 0 fully saturated rings. The van der Waals surface area contributed by atoms with Crippen LogP contribution in [0, 0.1) is 5.82 Å². The summed E-state index contributed by atoms with van der Waals surface area (Å²) in [7, 11) is 2.99. The van der Waals surface area contributed by atoms with Gasteiger partial charge < -0.3 is 14.5 Å². The van der Waals surface area contributed by atoms with Crippen LogP contribution in [0.15, 0.2) is 41.2 Å². The molecule has 0 bridgehead atoms. The van der Waals surface area contributed by atoms with Gasteiger partial charge in [0.15, 0.2) is 17.3 Å². The summed E-state index contributed by atoms with van der Waals surface area (Å²) in [4.78, 5) is 19.3. The second-order valence-electron chi connectivity index (χ2n) is 5.18. The number of aromatic amines is 1. The fraction of sp³-hybridized carbons (Fsp3) is 0.111. The molecule has 0 saturated carbocycles. The monoisotopic (exact) mass is 360 g/mol. The molecule has 1 N–H and O–H groups in total. The fourth-order valence-electron chi connectivity index (χ4n) is 2.35. The first-order chi connectivity index (χ1) is 12.0. The first kappa shape index (κ1) is 17.0. The molecule has 7 heteroatoms. The number of ether oxygens (including phenoxy) is 2. The number of benzene rings is 2. The lowest BCUT2D eigenvalue weighted by molar-refractivity contribution is 0.355. The molecule has 25 heavy (non-hydrogen) atoms. The van der Waals surface area contributed by atoms with Crippen LogP contribution in [0.1, 0.15) is 11.4 Å². The van der Waals surface area contributed by atoms with Gasteiger partial charge in [-0.2, -0.15) is 0 Å². The minimum atomic E-state index is -0.355. The van der Waals surface area contributed by atoms with Crippen LogP contribution >= 0.6 is 11.6 Å². The van der Waals surface area contributed by atoms with Gasteiger partial charge >= 0.3 is 0 Å². The van der Waals surface area contributed by atoms with Crippen molar-refractivity contribution in [3.63, 3.8) is 0 Å². The summed E-state index contributed by atoms with van der Waals surface area (Å²) in [5, 5.41) is 0.577. The molecule has 5 nitrogen and oxygen atoms in total. The number of hydrogen-bond donors (Lipinski definition) is 1. The predicted octanol–water partition coefficient (Wildman–Crippen LogP) is 3.82. The molecule has 0 spiro atoms. The highest BCUT2D eigenvalue weighted by atomic mass is 35.5. The Hall–Kier alpha value is -2.86. The largest absolute Gasteiger partial charge is 0.493 e. The van der Waals surface area contributed by atoms with E-state index < -0.39 is 0 Å². The highest BCUT2D eigenvalue weighted by molar-refractivity contribution is 6.50. The Kier molecular flexibility index (Phi) is 4.72. The van der Waals surface area contributed by atoms with Crippen molar-refractivity contribution in [2.45, 2.75) is 0 Å². The zero-order valence-electron chi connectivity index (χ0n) is 13.5. The van der Waals surface area contributed by atoms with E-state index in [2.05, 4.69) is 9.97 Å². The molecule has 0 saturated heterocycles. The molecular formula is C18H14ClFN2O3. The van der Waals surface area contributed by atoms with E-state index in [0.717, 1.165) is 0 Å². The minimum absolute atomic E-state index is 0.204. The molecule has 0 amide bonds. The third kappa shape index (κ3) is 3.49. The van der Waals surface area contributed by atoms with Gasteiger partial charge in [-0.15, -0.1) is 0 Å². The van der Waals surface area contributed by atoms with Crippen LogP contribution in [-0.4, -0.2) is 24.2 Å². The smallest absolute Gasteiger partial charge is 0.259 e. The Morgan fingerprint density at radius 1 is 1.16 bits per heavy atom. The molecule has 2 aromatic carbocycles. The second-order valence-corrected chi connectivity index (χ2v) is 5.59. The lowest BCUT2D eigenvalue weighted by Gasteiger charge is -2.09. The van der Waals surface area contributed by atoms with E-state index in [1.165, 1.54) is 26.4 Å². The Morgan fingerprint density at radius 2 is 1.80 bits per heavy atom. The summed E-state index contributed by atoms with van der Waals surface area (Å²) >= 11 is 6.26. The van der Waals surface area contributed by atoms with Crippen molar-refractivity contribution in [1.82, 2.24) is 9.97 Å². The Labute approximate surface area is 147 Å². The van der Waals surface area contributed by atoms with Gasteiger partial charge in [0.25, 0.3) is 5.56 Å². The van der Waals surface area contributed by atoms with Crippen molar-refractivity contribution < 1.29 is 13.9 Å². The Balaban J connectivity index is 2.10. The Bertz CT molecular complexity index is 1010. The van der Waals surface area contributed by atoms with Crippen molar-refractivity contribution in [1.29, 1.82) is 0 Å². The van der Waals surface area contributed by atoms with Gasteiger partial charge in [-0.05, 0) is 29.8 Å². The molecular weight excluding hydrogens is 347 g/mol. The van der Waals surface area contributed by atoms with Crippen molar-refractivity contribution >= 4 is 33.6 Å². The molecule has 0 radical (unpaired) electrons. The SMILES string of the molecule is COc1cc2nc(/C(Cl)=C/c3ccc(F)cc3)[nH]c(=O)c2cc1OC. The van der Waals surface area contributed by atoms with Gasteiger partial charge in [0, 0.05) is 6.07 Å². The van der Waals surface area contributed by atoms with Crippen LogP contribution < -0.4 is 15.0 Å². The summed E-state index contributed by atoms with van der Waals surface area (Å²) in [6, 6.07) is 8.96. The van der Waals surface area contributed by atoms with Crippen molar-refractivity contribution in [3.8, 4) is 11.5 Å². The number of aromatic nitrogens is 2. The third-order valence-electron chi connectivity index (χ3n) is 3.60. The maximum Gasteiger partial charge on any atom is 0.259 e. The molecule has 1 aromatic heterocycles. The quantitative estimate of drug-likeness (QED) is 0.768. The number of H-pyrrole nitrogens is 1.